The van der Waals surface area contributed by atoms with Crippen molar-refractivity contribution in [2.45, 2.75) is 25.9 Å². The molecule has 0 fully saturated rings. The first-order chi connectivity index (χ1) is 15.5. The van der Waals surface area contributed by atoms with Crippen LogP contribution in [-0.2, 0) is 11.3 Å². The molecule has 1 amide bonds. The van der Waals surface area contributed by atoms with Gasteiger partial charge in [-0.05, 0) is 60.5 Å². The largest absolute Gasteiger partial charge is 0.497 e. The predicted octanol–water partition coefficient (Wildman–Crippen LogP) is 3.60. The number of imidazole rings is 1. The Morgan fingerprint density at radius 1 is 1.12 bits per heavy atom. The number of hydrogen-bond donors (Lipinski definition) is 1. The molecule has 164 valence electrons. The van der Waals surface area contributed by atoms with Crippen LogP contribution in [-0.4, -0.2) is 27.1 Å². The van der Waals surface area contributed by atoms with E-state index in [-0.39, 0.29) is 18.5 Å². The molecule has 1 atom stereocenters. The molecule has 4 rings (SSSR count). The van der Waals surface area contributed by atoms with E-state index in [9.17, 15) is 14.0 Å². The van der Waals surface area contributed by atoms with Gasteiger partial charge in [0.1, 0.15) is 18.1 Å². The lowest BCUT2D eigenvalue weighted by Crippen LogP contribution is -2.35. The van der Waals surface area contributed by atoms with Crippen molar-refractivity contribution in [2.75, 3.05) is 7.11 Å². The van der Waals surface area contributed by atoms with E-state index in [1.807, 2.05) is 31.2 Å². The van der Waals surface area contributed by atoms with Crippen LogP contribution in [0.25, 0.3) is 16.9 Å². The van der Waals surface area contributed by atoms with Crippen LogP contribution in [0.5, 0.6) is 5.75 Å². The fourth-order valence-corrected chi connectivity index (χ4v) is 3.70. The van der Waals surface area contributed by atoms with E-state index in [1.165, 1.54) is 33.4 Å². The van der Waals surface area contributed by atoms with Gasteiger partial charge in [-0.3, -0.25) is 9.36 Å². The minimum Gasteiger partial charge on any atom is -0.497 e. The number of carbonyl (C=O) groups excluding carboxylic acids is 1. The normalized spacial score (nSPS) is 12.0. The zero-order valence-electron chi connectivity index (χ0n) is 17.8. The van der Waals surface area contributed by atoms with Crippen LogP contribution in [0.4, 0.5) is 4.39 Å². The quantitative estimate of drug-likeness (QED) is 0.482. The van der Waals surface area contributed by atoms with Crippen molar-refractivity contribution in [1.29, 1.82) is 0 Å². The van der Waals surface area contributed by atoms with E-state index in [2.05, 4.69) is 10.3 Å². The number of amides is 1. The predicted molar refractivity (Wildman–Crippen MR) is 119 cm³/mol. The van der Waals surface area contributed by atoms with Crippen molar-refractivity contribution >= 4 is 17.1 Å². The highest BCUT2D eigenvalue weighted by Crippen LogP contribution is 2.20. The Balaban J connectivity index is 1.63. The van der Waals surface area contributed by atoms with E-state index < -0.39 is 11.5 Å². The van der Waals surface area contributed by atoms with Crippen LogP contribution in [0.15, 0.2) is 71.7 Å². The minimum absolute atomic E-state index is 0.165. The highest BCUT2D eigenvalue weighted by molar-refractivity contribution is 5.80. The first-order valence-corrected chi connectivity index (χ1v) is 10.3. The number of hydrogen-bond acceptors (Lipinski definition) is 4. The SMILES string of the molecule is CC[C@@H](NC(=O)Cn1c(=O)n(-c2ccc(F)cc2)c2ncccc21)c1ccc(OC)cc1. The number of methoxy groups -OCH3 is 1. The lowest BCUT2D eigenvalue weighted by molar-refractivity contribution is -0.122. The maximum absolute atomic E-state index is 13.4. The number of benzene rings is 2. The Morgan fingerprint density at radius 2 is 1.84 bits per heavy atom. The van der Waals surface area contributed by atoms with Crippen LogP contribution in [0.1, 0.15) is 24.9 Å². The summed E-state index contributed by atoms with van der Waals surface area (Å²) in [6.45, 7) is 1.81. The fourth-order valence-electron chi connectivity index (χ4n) is 3.70. The number of pyridine rings is 1. The molecule has 32 heavy (non-hydrogen) atoms. The van der Waals surface area contributed by atoms with Gasteiger partial charge in [-0.1, -0.05) is 19.1 Å². The maximum atomic E-state index is 13.4. The molecule has 2 aromatic carbocycles. The molecule has 0 spiro atoms. The molecule has 0 bridgehead atoms. The van der Waals surface area contributed by atoms with E-state index >= 15 is 0 Å². The molecule has 0 aliphatic heterocycles. The Labute approximate surface area is 184 Å². The summed E-state index contributed by atoms with van der Waals surface area (Å²) < 4.78 is 21.3. The summed E-state index contributed by atoms with van der Waals surface area (Å²) in [4.78, 5) is 30.4. The molecule has 4 aromatic rings. The van der Waals surface area contributed by atoms with Crippen molar-refractivity contribution in [3.05, 3.63) is 88.7 Å². The topological polar surface area (TPSA) is 78.2 Å². The van der Waals surface area contributed by atoms with Gasteiger partial charge in [0.05, 0.1) is 24.4 Å². The van der Waals surface area contributed by atoms with Gasteiger partial charge < -0.3 is 10.1 Å². The molecular weight excluding hydrogens is 411 g/mol. The Bertz CT molecular complexity index is 1290. The highest BCUT2D eigenvalue weighted by Gasteiger charge is 2.19. The zero-order chi connectivity index (χ0) is 22.7. The second kappa shape index (κ2) is 9.05. The van der Waals surface area contributed by atoms with Gasteiger partial charge >= 0.3 is 5.69 Å². The monoisotopic (exact) mass is 434 g/mol. The lowest BCUT2D eigenvalue weighted by atomic mass is 10.0. The summed E-state index contributed by atoms with van der Waals surface area (Å²) in [5.41, 5.74) is 1.93. The lowest BCUT2D eigenvalue weighted by Gasteiger charge is -2.18. The summed E-state index contributed by atoms with van der Waals surface area (Å²) in [7, 11) is 1.60. The number of fused-ring (bicyclic) bond motifs is 1. The standard InChI is InChI=1S/C24H23FN4O3/c1-3-20(16-6-12-19(32-2)13-7-16)27-22(30)15-28-21-5-4-14-26-23(21)29(24(28)31)18-10-8-17(25)9-11-18/h4-14,20H,3,15H2,1-2H3,(H,27,30)/t20-/m1/s1. The van der Waals surface area contributed by atoms with Crippen molar-refractivity contribution in [3.63, 3.8) is 0 Å². The van der Waals surface area contributed by atoms with E-state index in [0.717, 1.165) is 11.3 Å². The number of rotatable bonds is 7. The first kappa shape index (κ1) is 21.3. The van der Waals surface area contributed by atoms with Gasteiger partial charge in [0.2, 0.25) is 5.91 Å². The average Bonchev–Trinajstić information content (AvgIpc) is 3.09. The van der Waals surface area contributed by atoms with Gasteiger partial charge in [0.15, 0.2) is 5.65 Å². The van der Waals surface area contributed by atoms with Crippen LogP contribution in [0.3, 0.4) is 0 Å². The number of nitrogens with zero attached hydrogens (tertiary/aromatic N) is 3. The molecule has 7 nitrogen and oxygen atoms in total. The first-order valence-electron chi connectivity index (χ1n) is 10.3. The number of carbonyl (C=O) groups is 1. The van der Waals surface area contributed by atoms with Crippen LogP contribution in [0, 0.1) is 5.82 Å². The molecule has 0 aliphatic rings. The summed E-state index contributed by atoms with van der Waals surface area (Å²) in [6, 6.07) is 16.3. The second-order valence-electron chi connectivity index (χ2n) is 7.33. The van der Waals surface area contributed by atoms with Gasteiger partial charge in [-0.25, -0.2) is 18.7 Å². The third kappa shape index (κ3) is 4.12. The summed E-state index contributed by atoms with van der Waals surface area (Å²) >= 11 is 0. The maximum Gasteiger partial charge on any atom is 0.335 e. The van der Waals surface area contributed by atoms with Gasteiger partial charge in [-0.15, -0.1) is 0 Å². The highest BCUT2D eigenvalue weighted by atomic mass is 19.1. The summed E-state index contributed by atoms with van der Waals surface area (Å²) in [6.07, 6.45) is 2.26. The summed E-state index contributed by atoms with van der Waals surface area (Å²) in [5, 5.41) is 3.00. The van der Waals surface area contributed by atoms with Crippen LogP contribution >= 0.6 is 0 Å². The van der Waals surface area contributed by atoms with Crippen molar-refractivity contribution in [1.82, 2.24) is 19.4 Å². The fraction of sp³-hybridized carbons (Fsp3) is 0.208. The Kier molecular flexibility index (Phi) is 6.02. The molecule has 8 heteroatoms. The molecule has 0 saturated heterocycles. The minimum atomic E-state index is -0.419. The Morgan fingerprint density at radius 3 is 2.50 bits per heavy atom. The molecule has 0 radical (unpaired) electrons. The molecule has 0 saturated carbocycles. The van der Waals surface area contributed by atoms with Gasteiger partial charge in [-0.2, -0.15) is 0 Å². The average molecular weight is 434 g/mol. The molecule has 1 N–H and O–H groups in total. The molecular formula is C24H23FN4O3. The van der Waals surface area contributed by atoms with Crippen molar-refractivity contribution < 1.29 is 13.9 Å². The van der Waals surface area contributed by atoms with E-state index in [0.29, 0.717) is 23.3 Å². The van der Waals surface area contributed by atoms with Crippen LogP contribution < -0.4 is 15.7 Å². The van der Waals surface area contributed by atoms with Crippen molar-refractivity contribution in [2.24, 2.45) is 0 Å². The molecule has 0 aliphatic carbocycles. The molecule has 0 unspecified atom stereocenters. The number of aromatic nitrogens is 3. The number of nitrogens with one attached hydrogen (secondary N) is 1. The van der Waals surface area contributed by atoms with Crippen LogP contribution in [0.2, 0.25) is 0 Å². The number of ether oxygens (including phenoxy) is 1. The van der Waals surface area contributed by atoms with E-state index in [1.54, 1.807) is 25.4 Å². The summed E-state index contributed by atoms with van der Waals surface area (Å²) in [5.74, 6) is 0.0429. The number of halogens is 1. The smallest absolute Gasteiger partial charge is 0.335 e. The molecule has 2 heterocycles. The Hall–Kier alpha value is -3.94. The zero-order valence-corrected chi connectivity index (χ0v) is 17.8. The van der Waals surface area contributed by atoms with Crippen molar-refractivity contribution in [3.8, 4) is 11.4 Å². The second-order valence-corrected chi connectivity index (χ2v) is 7.33. The third-order valence-corrected chi connectivity index (χ3v) is 5.34. The van der Waals surface area contributed by atoms with Gasteiger partial charge in [0, 0.05) is 6.20 Å². The van der Waals surface area contributed by atoms with Gasteiger partial charge in [0.25, 0.3) is 0 Å². The molecule has 2 aromatic heterocycles. The van der Waals surface area contributed by atoms with E-state index in [4.69, 9.17) is 4.74 Å². The third-order valence-electron chi connectivity index (χ3n) is 5.34.